The number of carbonyl (C=O) groups excluding carboxylic acids is 1. The van der Waals surface area contributed by atoms with E-state index in [-0.39, 0.29) is 5.91 Å². The Morgan fingerprint density at radius 1 is 1.35 bits per heavy atom. The molecule has 0 fully saturated rings. The molecule has 1 aromatic heterocycles. The van der Waals surface area contributed by atoms with Gasteiger partial charge in [-0.2, -0.15) is 4.37 Å². The molecule has 6 heteroatoms. The number of rotatable bonds is 5. The molecule has 0 bridgehead atoms. The van der Waals surface area contributed by atoms with Gasteiger partial charge in [-0.1, -0.05) is 6.92 Å². The van der Waals surface area contributed by atoms with Crippen LogP contribution in [0, 0.1) is 13.8 Å². The number of benzene rings is 1. The van der Waals surface area contributed by atoms with Gasteiger partial charge >= 0.3 is 0 Å². The lowest BCUT2D eigenvalue weighted by Crippen LogP contribution is -2.13. The summed E-state index contributed by atoms with van der Waals surface area (Å²) in [6, 6.07) is 5.73. The topological polar surface area (TPSA) is 66.9 Å². The summed E-state index contributed by atoms with van der Waals surface area (Å²) in [5, 5.41) is 6.60. The Morgan fingerprint density at radius 2 is 2.15 bits per heavy atom. The highest BCUT2D eigenvalue weighted by Gasteiger charge is 2.11. The van der Waals surface area contributed by atoms with Gasteiger partial charge in [0.15, 0.2) is 0 Å². The summed E-state index contributed by atoms with van der Waals surface area (Å²) in [6.45, 7) is 6.77. The summed E-state index contributed by atoms with van der Waals surface area (Å²) in [5.74, 6) is 0.516. The van der Waals surface area contributed by atoms with Crippen molar-refractivity contribution in [3.05, 3.63) is 35.2 Å². The standard InChI is InChI=1S/C14H18N4OS/c1-4-7-15-11-5-6-12(9(2)8-11)13(19)17-14-16-10(3)18-20-14/h5-6,8,15H,4,7H2,1-3H3,(H,16,17,18,19). The third kappa shape index (κ3) is 3.54. The van der Waals surface area contributed by atoms with Gasteiger partial charge in [-0.05, 0) is 44.0 Å². The van der Waals surface area contributed by atoms with Gasteiger partial charge in [0.1, 0.15) is 5.82 Å². The van der Waals surface area contributed by atoms with Crippen molar-refractivity contribution in [2.24, 2.45) is 0 Å². The van der Waals surface area contributed by atoms with E-state index in [4.69, 9.17) is 0 Å². The van der Waals surface area contributed by atoms with E-state index < -0.39 is 0 Å². The average Bonchev–Trinajstić information content (AvgIpc) is 2.81. The number of anilines is 2. The Labute approximate surface area is 122 Å². The van der Waals surface area contributed by atoms with E-state index in [0.717, 1.165) is 24.2 Å². The molecule has 0 spiro atoms. The van der Waals surface area contributed by atoms with Crippen molar-refractivity contribution in [1.29, 1.82) is 0 Å². The van der Waals surface area contributed by atoms with Crippen LogP contribution in [-0.4, -0.2) is 21.8 Å². The largest absolute Gasteiger partial charge is 0.385 e. The van der Waals surface area contributed by atoms with Crippen molar-refractivity contribution >= 4 is 28.3 Å². The highest BCUT2D eigenvalue weighted by atomic mass is 32.1. The smallest absolute Gasteiger partial charge is 0.257 e. The minimum Gasteiger partial charge on any atom is -0.385 e. The van der Waals surface area contributed by atoms with Crippen LogP contribution in [0.3, 0.4) is 0 Å². The van der Waals surface area contributed by atoms with E-state index in [1.165, 1.54) is 11.5 Å². The van der Waals surface area contributed by atoms with Crippen LogP contribution >= 0.6 is 11.5 Å². The average molecular weight is 290 g/mol. The maximum Gasteiger partial charge on any atom is 0.257 e. The zero-order valence-corrected chi connectivity index (χ0v) is 12.7. The predicted octanol–water partition coefficient (Wildman–Crippen LogP) is 3.23. The third-order valence-corrected chi connectivity index (χ3v) is 3.52. The molecule has 2 aromatic rings. The Balaban J connectivity index is 2.09. The lowest BCUT2D eigenvalue weighted by molar-refractivity contribution is 0.102. The van der Waals surface area contributed by atoms with Gasteiger partial charge in [0.05, 0.1) is 0 Å². The second-order valence-corrected chi connectivity index (χ2v) is 5.31. The van der Waals surface area contributed by atoms with Gasteiger partial charge in [-0.3, -0.25) is 10.1 Å². The van der Waals surface area contributed by atoms with Crippen molar-refractivity contribution < 1.29 is 4.79 Å². The van der Waals surface area contributed by atoms with Gasteiger partial charge in [-0.25, -0.2) is 4.98 Å². The zero-order chi connectivity index (χ0) is 14.5. The SMILES string of the molecule is CCCNc1ccc(C(=O)Nc2nc(C)ns2)c(C)c1. The Kier molecular flexibility index (Phi) is 4.68. The third-order valence-electron chi connectivity index (χ3n) is 2.80. The van der Waals surface area contributed by atoms with Crippen LogP contribution in [0.2, 0.25) is 0 Å². The van der Waals surface area contributed by atoms with Crippen LogP contribution in [0.1, 0.15) is 35.1 Å². The number of hydrogen-bond donors (Lipinski definition) is 2. The van der Waals surface area contributed by atoms with Crippen LogP contribution in [0.4, 0.5) is 10.8 Å². The molecule has 2 rings (SSSR count). The van der Waals surface area contributed by atoms with Crippen LogP contribution in [-0.2, 0) is 0 Å². The Hall–Kier alpha value is -1.95. The normalized spacial score (nSPS) is 10.3. The quantitative estimate of drug-likeness (QED) is 0.887. The number of carbonyl (C=O) groups is 1. The number of nitrogens with one attached hydrogen (secondary N) is 2. The molecule has 0 radical (unpaired) electrons. The first-order chi connectivity index (χ1) is 9.60. The van der Waals surface area contributed by atoms with Crippen LogP contribution in [0.25, 0.3) is 0 Å². The van der Waals surface area contributed by atoms with Gasteiger partial charge in [0.25, 0.3) is 5.91 Å². The molecule has 0 aliphatic carbocycles. The van der Waals surface area contributed by atoms with Gasteiger partial charge in [0, 0.05) is 29.3 Å². The van der Waals surface area contributed by atoms with Crippen molar-refractivity contribution in [3.63, 3.8) is 0 Å². The summed E-state index contributed by atoms with van der Waals surface area (Å²) in [6.07, 6.45) is 1.07. The Morgan fingerprint density at radius 3 is 2.75 bits per heavy atom. The van der Waals surface area contributed by atoms with E-state index in [9.17, 15) is 4.79 Å². The minimum atomic E-state index is -0.152. The summed E-state index contributed by atoms with van der Waals surface area (Å²) in [7, 11) is 0. The van der Waals surface area contributed by atoms with E-state index in [1.54, 1.807) is 6.92 Å². The van der Waals surface area contributed by atoms with Gasteiger partial charge < -0.3 is 5.32 Å². The lowest BCUT2D eigenvalue weighted by atomic mass is 10.1. The molecule has 1 heterocycles. The summed E-state index contributed by atoms with van der Waals surface area (Å²) in [5.41, 5.74) is 2.62. The first-order valence-electron chi connectivity index (χ1n) is 6.56. The molecule has 20 heavy (non-hydrogen) atoms. The second kappa shape index (κ2) is 6.47. The molecule has 1 aromatic carbocycles. The van der Waals surface area contributed by atoms with E-state index in [1.807, 2.05) is 25.1 Å². The molecular weight excluding hydrogens is 272 g/mol. The molecule has 0 aliphatic heterocycles. The number of nitrogens with zero attached hydrogens (tertiary/aromatic N) is 2. The van der Waals surface area contributed by atoms with Gasteiger partial charge in [-0.15, -0.1) is 0 Å². The maximum absolute atomic E-state index is 12.2. The fraction of sp³-hybridized carbons (Fsp3) is 0.357. The van der Waals surface area contributed by atoms with Crippen molar-refractivity contribution in [2.75, 3.05) is 17.2 Å². The lowest BCUT2D eigenvalue weighted by Gasteiger charge is -2.09. The molecule has 5 nitrogen and oxygen atoms in total. The van der Waals surface area contributed by atoms with Crippen LogP contribution < -0.4 is 10.6 Å². The molecule has 0 saturated carbocycles. The molecule has 2 N–H and O–H groups in total. The first kappa shape index (κ1) is 14.5. The van der Waals surface area contributed by atoms with Crippen LogP contribution in [0.5, 0.6) is 0 Å². The van der Waals surface area contributed by atoms with E-state index in [2.05, 4.69) is 26.9 Å². The fourth-order valence-electron chi connectivity index (χ4n) is 1.81. The highest BCUT2D eigenvalue weighted by molar-refractivity contribution is 7.09. The predicted molar refractivity (Wildman–Crippen MR) is 82.6 cm³/mol. The van der Waals surface area contributed by atoms with Crippen molar-refractivity contribution in [2.45, 2.75) is 27.2 Å². The van der Waals surface area contributed by atoms with Gasteiger partial charge in [0.2, 0.25) is 5.13 Å². The first-order valence-corrected chi connectivity index (χ1v) is 7.33. The second-order valence-electron chi connectivity index (χ2n) is 4.56. The van der Waals surface area contributed by atoms with Crippen molar-refractivity contribution in [1.82, 2.24) is 9.36 Å². The molecule has 0 unspecified atom stereocenters. The van der Waals surface area contributed by atoms with E-state index >= 15 is 0 Å². The fourth-order valence-corrected chi connectivity index (χ4v) is 2.38. The number of aromatic nitrogens is 2. The number of amides is 1. The number of aryl methyl sites for hydroxylation is 2. The molecule has 106 valence electrons. The summed E-state index contributed by atoms with van der Waals surface area (Å²) in [4.78, 5) is 16.3. The summed E-state index contributed by atoms with van der Waals surface area (Å²) >= 11 is 1.19. The molecule has 0 atom stereocenters. The molecular formula is C14H18N4OS. The van der Waals surface area contributed by atoms with E-state index in [0.29, 0.717) is 16.5 Å². The van der Waals surface area contributed by atoms with Crippen molar-refractivity contribution in [3.8, 4) is 0 Å². The maximum atomic E-state index is 12.2. The molecule has 0 saturated heterocycles. The Bertz CT molecular complexity index is 609. The molecule has 1 amide bonds. The monoisotopic (exact) mass is 290 g/mol. The highest BCUT2D eigenvalue weighted by Crippen LogP contribution is 2.18. The zero-order valence-electron chi connectivity index (χ0n) is 11.9. The number of hydrogen-bond acceptors (Lipinski definition) is 5. The summed E-state index contributed by atoms with van der Waals surface area (Å²) < 4.78 is 4.04. The van der Waals surface area contributed by atoms with Crippen LogP contribution in [0.15, 0.2) is 18.2 Å². The molecule has 0 aliphatic rings. The minimum absolute atomic E-state index is 0.152.